The summed E-state index contributed by atoms with van der Waals surface area (Å²) in [5.74, 6) is -1.14. The molecule has 1 amide bonds. The number of fused-ring (bicyclic) bond motifs is 2. The molecule has 1 saturated carbocycles. The van der Waals surface area contributed by atoms with Gasteiger partial charge in [-0.25, -0.2) is 22.2 Å². The molecule has 5 heterocycles. The SMILES string of the molecule is CS(=O)(=O)CCc1cc(F)cc(-c2cncc3[nH]c(-c4n[nH]c5cnc(-c6cncc(NC(=O)C7CC7)c6)c(F)c45)nc23)c1. The zero-order valence-electron chi connectivity index (χ0n) is 23.2. The smallest absolute Gasteiger partial charge is 0.227 e. The van der Waals surface area contributed by atoms with Crippen molar-refractivity contribution in [1.29, 1.82) is 0 Å². The third-order valence-electron chi connectivity index (χ3n) is 7.42. The highest BCUT2D eigenvalue weighted by molar-refractivity contribution is 7.90. The van der Waals surface area contributed by atoms with Gasteiger partial charge in [0.1, 0.15) is 27.0 Å². The number of aromatic amines is 2. The number of benzene rings is 1. The highest BCUT2D eigenvalue weighted by Crippen LogP contribution is 2.35. The Bertz CT molecular complexity index is 2210. The first-order valence-electron chi connectivity index (χ1n) is 13.7. The summed E-state index contributed by atoms with van der Waals surface area (Å²) in [5.41, 5.74) is 3.83. The topological polar surface area (TPSA) is 159 Å². The molecule has 0 aliphatic heterocycles. The van der Waals surface area contributed by atoms with Gasteiger partial charge in [-0.05, 0) is 48.6 Å². The number of amides is 1. The number of pyridine rings is 3. The maximum absolute atomic E-state index is 16.1. The van der Waals surface area contributed by atoms with Gasteiger partial charge < -0.3 is 10.3 Å². The van der Waals surface area contributed by atoms with E-state index in [-0.39, 0.29) is 46.6 Å². The number of carbonyl (C=O) groups excluding carboxylic acids is 1. The number of hydrogen-bond donors (Lipinski definition) is 3. The summed E-state index contributed by atoms with van der Waals surface area (Å²) in [4.78, 5) is 32.8. The third kappa shape index (κ3) is 5.39. The van der Waals surface area contributed by atoms with E-state index in [1.807, 2.05) is 0 Å². The first-order valence-corrected chi connectivity index (χ1v) is 15.8. The van der Waals surface area contributed by atoms with E-state index in [0.29, 0.717) is 44.5 Å². The molecule has 1 aliphatic carbocycles. The number of halogens is 2. The van der Waals surface area contributed by atoms with Crippen molar-refractivity contribution in [1.82, 2.24) is 35.1 Å². The number of hydrogen-bond acceptors (Lipinski definition) is 8. The quantitative estimate of drug-likeness (QED) is 0.220. The number of imidazole rings is 1. The Balaban J connectivity index is 1.27. The number of nitrogens with one attached hydrogen (secondary N) is 3. The number of aromatic nitrogens is 7. The molecule has 5 aromatic heterocycles. The van der Waals surface area contributed by atoms with Gasteiger partial charge in [0, 0.05) is 35.7 Å². The molecule has 0 radical (unpaired) electrons. The second-order valence-corrected chi connectivity index (χ2v) is 13.2. The Labute approximate surface area is 249 Å². The molecular formula is C30H24F2N8O3S. The van der Waals surface area contributed by atoms with E-state index in [4.69, 9.17) is 4.98 Å². The van der Waals surface area contributed by atoms with E-state index < -0.39 is 21.5 Å². The first kappa shape index (κ1) is 27.7. The van der Waals surface area contributed by atoms with Crippen LogP contribution in [-0.2, 0) is 21.1 Å². The van der Waals surface area contributed by atoms with E-state index in [2.05, 4.69) is 35.5 Å². The molecule has 0 spiro atoms. The lowest BCUT2D eigenvalue weighted by molar-refractivity contribution is -0.117. The van der Waals surface area contributed by atoms with Crippen LogP contribution in [0.5, 0.6) is 0 Å². The normalized spacial score (nSPS) is 13.5. The number of aryl methyl sites for hydroxylation is 1. The molecule has 0 atom stereocenters. The van der Waals surface area contributed by atoms with Crippen molar-refractivity contribution in [3.05, 3.63) is 72.4 Å². The van der Waals surface area contributed by atoms with Crippen molar-refractivity contribution < 1.29 is 22.0 Å². The highest BCUT2D eigenvalue weighted by atomic mass is 32.2. The third-order valence-corrected chi connectivity index (χ3v) is 8.37. The summed E-state index contributed by atoms with van der Waals surface area (Å²) in [7, 11) is -3.24. The second kappa shape index (κ2) is 10.6. The molecule has 1 aliphatic rings. The standard InChI is InChI=1S/C30H24F2N8O3S/c1-44(42,43)5-4-15-6-17(8-19(31)7-15)21-12-34-13-23-27(21)38-29(37-23)28-24-22(39-40-28)14-35-26(25(24)32)18-9-20(11-33-10-18)36-30(41)16-2-3-16/h6-14,16H,2-5H2,1H3,(H,36,41)(H,37,38)(H,39,40). The van der Waals surface area contributed by atoms with Crippen molar-refractivity contribution in [3.8, 4) is 33.9 Å². The molecule has 1 aromatic carbocycles. The van der Waals surface area contributed by atoms with Gasteiger partial charge in [0.2, 0.25) is 5.91 Å². The molecule has 3 N–H and O–H groups in total. The first-order chi connectivity index (χ1) is 21.1. The number of rotatable bonds is 8. The van der Waals surface area contributed by atoms with Gasteiger partial charge in [-0.1, -0.05) is 6.07 Å². The zero-order valence-corrected chi connectivity index (χ0v) is 24.0. The molecule has 11 nitrogen and oxygen atoms in total. The van der Waals surface area contributed by atoms with Crippen LogP contribution < -0.4 is 5.32 Å². The van der Waals surface area contributed by atoms with Crippen LogP contribution in [0.4, 0.5) is 14.5 Å². The van der Waals surface area contributed by atoms with Gasteiger partial charge in [-0.15, -0.1) is 0 Å². The van der Waals surface area contributed by atoms with Gasteiger partial charge in [0.05, 0.1) is 52.0 Å². The fraction of sp³-hybridized carbons (Fsp3) is 0.200. The number of anilines is 1. The van der Waals surface area contributed by atoms with E-state index in [1.54, 1.807) is 18.3 Å². The summed E-state index contributed by atoms with van der Waals surface area (Å²) in [6.07, 6.45) is 10.5. The maximum atomic E-state index is 16.1. The lowest BCUT2D eigenvalue weighted by atomic mass is 10.0. The van der Waals surface area contributed by atoms with Crippen molar-refractivity contribution in [2.45, 2.75) is 19.3 Å². The van der Waals surface area contributed by atoms with Crippen molar-refractivity contribution in [2.75, 3.05) is 17.3 Å². The van der Waals surface area contributed by atoms with Crippen LogP contribution >= 0.6 is 0 Å². The van der Waals surface area contributed by atoms with Gasteiger partial charge in [-0.2, -0.15) is 5.10 Å². The highest BCUT2D eigenvalue weighted by Gasteiger charge is 2.30. The van der Waals surface area contributed by atoms with Crippen LogP contribution in [0.15, 0.2) is 55.2 Å². The molecule has 0 unspecified atom stereocenters. The minimum Gasteiger partial charge on any atom is -0.335 e. The van der Waals surface area contributed by atoms with E-state index >= 15 is 4.39 Å². The number of carbonyl (C=O) groups is 1. The summed E-state index contributed by atoms with van der Waals surface area (Å²) >= 11 is 0. The lowest BCUT2D eigenvalue weighted by Crippen LogP contribution is -2.13. The fourth-order valence-corrected chi connectivity index (χ4v) is 5.69. The van der Waals surface area contributed by atoms with Crippen LogP contribution in [0.3, 0.4) is 0 Å². The minimum atomic E-state index is -3.24. The van der Waals surface area contributed by atoms with Gasteiger partial charge in [0.15, 0.2) is 11.6 Å². The molecule has 0 saturated heterocycles. The van der Waals surface area contributed by atoms with Gasteiger partial charge >= 0.3 is 0 Å². The second-order valence-electron chi connectivity index (χ2n) is 10.9. The molecular weight excluding hydrogens is 590 g/mol. The molecule has 44 heavy (non-hydrogen) atoms. The minimum absolute atomic E-state index is 0.000671. The van der Waals surface area contributed by atoms with Crippen molar-refractivity contribution >= 4 is 43.4 Å². The van der Waals surface area contributed by atoms with E-state index in [0.717, 1.165) is 19.1 Å². The summed E-state index contributed by atoms with van der Waals surface area (Å²) in [5, 5.41) is 10.1. The van der Waals surface area contributed by atoms with E-state index in [9.17, 15) is 17.6 Å². The Morgan fingerprint density at radius 1 is 0.977 bits per heavy atom. The molecule has 222 valence electrons. The Hall–Kier alpha value is -5.11. The van der Waals surface area contributed by atoms with Crippen LogP contribution in [0.1, 0.15) is 18.4 Å². The number of H-pyrrole nitrogens is 2. The Morgan fingerprint density at radius 3 is 2.59 bits per heavy atom. The van der Waals surface area contributed by atoms with Gasteiger partial charge in [-0.3, -0.25) is 24.8 Å². The predicted molar refractivity (Wildman–Crippen MR) is 160 cm³/mol. The van der Waals surface area contributed by atoms with E-state index in [1.165, 1.54) is 36.9 Å². The van der Waals surface area contributed by atoms with Gasteiger partial charge in [0.25, 0.3) is 0 Å². The average Bonchev–Trinajstić information content (AvgIpc) is 3.60. The molecule has 0 bridgehead atoms. The van der Waals surface area contributed by atoms with Crippen LogP contribution in [-0.4, -0.2) is 61.5 Å². The fourth-order valence-electron chi connectivity index (χ4n) is 5.09. The number of nitrogens with zero attached hydrogens (tertiary/aromatic N) is 5. The lowest BCUT2D eigenvalue weighted by Gasteiger charge is -2.07. The average molecular weight is 615 g/mol. The molecule has 14 heteroatoms. The van der Waals surface area contributed by atoms with Crippen LogP contribution in [0, 0.1) is 17.6 Å². The van der Waals surface area contributed by atoms with Crippen LogP contribution in [0.25, 0.3) is 55.8 Å². The Kier molecular flexibility index (Phi) is 6.65. The maximum Gasteiger partial charge on any atom is 0.227 e. The Morgan fingerprint density at radius 2 is 1.80 bits per heavy atom. The summed E-state index contributed by atoms with van der Waals surface area (Å²) < 4.78 is 54.0. The van der Waals surface area contributed by atoms with Crippen LogP contribution in [0.2, 0.25) is 0 Å². The summed E-state index contributed by atoms with van der Waals surface area (Å²) in [6, 6.07) is 5.95. The molecule has 7 rings (SSSR count). The molecule has 6 aromatic rings. The monoisotopic (exact) mass is 614 g/mol. The number of sulfone groups is 1. The molecule has 1 fully saturated rings. The van der Waals surface area contributed by atoms with Crippen molar-refractivity contribution in [3.63, 3.8) is 0 Å². The predicted octanol–water partition coefficient (Wildman–Crippen LogP) is 4.84. The zero-order chi connectivity index (χ0) is 30.6. The summed E-state index contributed by atoms with van der Waals surface area (Å²) in [6.45, 7) is 0. The largest absolute Gasteiger partial charge is 0.335 e. The van der Waals surface area contributed by atoms with Crippen molar-refractivity contribution in [2.24, 2.45) is 5.92 Å².